The molecule has 31 heavy (non-hydrogen) atoms. The fourth-order valence-corrected chi connectivity index (χ4v) is 11.1. The predicted molar refractivity (Wildman–Crippen MR) is 110 cm³/mol. The highest BCUT2D eigenvalue weighted by Gasteiger charge is 2.94. The maximum absolute atomic E-state index is 13.1. The first-order chi connectivity index (χ1) is 14.5. The van der Waals surface area contributed by atoms with Crippen molar-refractivity contribution in [2.75, 3.05) is 6.54 Å². The van der Waals surface area contributed by atoms with Crippen LogP contribution in [0.5, 0.6) is 0 Å². The Balaban J connectivity index is 1.45. The van der Waals surface area contributed by atoms with Gasteiger partial charge in [-0.2, -0.15) is 0 Å². The highest BCUT2D eigenvalue weighted by molar-refractivity contribution is 5.83. The number of fused-ring (bicyclic) bond motifs is 1. The number of carbonyl (C=O) groups excluding carboxylic acids is 2. The van der Waals surface area contributed by atoms with Gasteiger partial charge in [-0.25, -0.2) is 0 Å². The van der Waals surface area contributed by atoms with Crippen LogP contribution in [0.3, 0.4) is 0 Å². The quantitative estimate of drug-likeness (QED) is 0.528. The molecule has 168 valence electrons. The second kappa shape index (κ2) is 5.13. The molecule has 5 unspecified atom stereocenters. The number of piperidine rings is 2. The van der Waals surface area contributed by atoms with Crippen molar-refractivity contribution in [2.24, 2.45) is 45.8 Å². The maximum Gasteiger partial charge on any atom is 0.308 e. The molecule has 6 nitrogen and oxygen atoms in total. The molecule has 9 bridgehead atoms. The molecule has 0 radical (unpaired) electrons. The van der Waals surface area contributed by atoms with Crippen LogP contribution < -0.4 is 0 Å². The van der Waals surface area contributed by atoms with Crippen molar-refractivity contribution in [3.8, 4) is 0 Å². The number of Topliss-reactive ketones (excluding diaryl/α,β-unsaturated/α-hetero) is 1. The van der Waals surface area contributed by atoms with E-state index in [1.165, 1.54) is 0 Å². The molecule has 9 aliphatic rings. The molecule has 13 atom stereocenters. The van der Waals surface area contributed by atoms with E-state index in [4.69, 9.17) is 4.74 Å². The van der Waals surface area contributed by atoms with Gasteiger partial charge in [0.15, 0.2) is 0 Å². The molecular formula is C25H33NO5. The largest absolute Gasteiger partial charge is 0.461 e. The van der Waals surface area contributed by atoms with Crippen LogP contribution >= 0.6 is 0 Å². The molecule has 3 aliphatic heterocycles. The third kappa shape index (κ3) is 1.68. The number of carbonyl (C=O) groups is 2. The van der Waals surface area contributed by atoms with E-state index in [0.29, 0.717) is 25.7 Å². The van der Waals surface area contributed by atoms with Crippen LogP contribution in [0.2, 0.25) is 0 Å². The second-order valence-electron chi connectivity index (χ2n) is 12.5. The predicted octanol–water partition coefficient (Wildman–Crippen LogP) is 1.89. The molecule has 3 saturated heterocycles. The third-order valence-corrected chi connectivity index (χ3v) is 11.2. The van der Waals surface area contributed by atoms with Gasteiger partial charge in [0.05, 0.1) is 12.0 Å². The van der Waals surface area contributed by atoms with E-state index in [0.717, 1.165) is 18.5 Å². The third-order valence-electron chi connectivity index (χ3n) is 11.2. The van der Waals surface area contributed by atoms with Crippen LogP contribution in [0.15, 0.2) is 12.2 Å². The molecule has 9 fully saturated rings. The van der Waals surface area contributed by atoms with Gasteiger partial charge in [-0.15, -0.1) is 0 Å². The molecule has 0 aromatic heterocycles. The molecule has 2 spiro atoms. The molecule has 6 heteroatoms. The minimum atomic E-state index is -0.914. The molecule has 2 N–H and O–H groups in total. The van der Waals surface area contributed by atoms with Crippen molar-refractivity contribution in [1.29, 1.82) is 0 Å². The molecule has 0 aromatic rings. The van der Waals surface area contributed by atoms with Gasteiger partial charge in [-0.05, 0) is 30.1 Å². The van der Waals surface area contributed by atoms with Crippen LogP contribution in [0.4, 0.5) is 0 Å². The van der Waals surface area contributed by atoms with Crippen molar-refractivity contribution in [2.45, 2.75) is 76.9 Å². The second-order valence-corrected chi connectivity index (χ2v) is 12.5. The highest BCUT2D eigenvalue weighted by Crippen LogP contribution is 2.88. The fraction of sp³-hybridized carbons (Fsp3) is 0.840. The van der Waals surface area contributed by atoms with Gasteiger partial charge in [0.2, 0.25) is 0 Å². The lowest BCUT2D eigenvalue weighted by atomic mass is 9.39. The summed E-state index contributed by atoms with van der Waals surface area (Å²) in [5.41, 5.74) is -0.942. The first-order valence-electron chi connectivity index (χ1n) is 12.1. The molecule has 6 saturated carbocycles. The average Bonchev–Trinajstić information content (AvgIpc) is 3.03. The normalized spacial score (nSPS) is 62.5. The summed E-state index contributed by atoms with van der Waals surface area (Å²) in [5.74, 6) is -0.368. The Kier molecular flexibility index (Phi) is 3.18. The lowest BCUT2D eigenvalue weighted by Gasteiger charge is -2.67. The molecule has 0 aromatic carbocycles. The Morgan fingerprint density at radius 3 is 2.81 bits per heavy atom. The summed E-state index contributed by atoms with van der Waals surface area (Å²) in [5, 5.41) is 23.8. The summed E-state index contributed by atoms with van der Waals surface area (Å²) in [6, 6.07) is -0.00326. The lowest BCUT2D eigenvalue weighted by Crippen LogP contribution is -2.71. The fourth-order valence-electron chi connectivity index (χ4n) is 11.1. The van der Waals surface area contributed by atoms with E-state index in [2.05, 4.69) is 18.4 Å². The summed E-state index contributed by atoms with van der Waals surface area (Å²) in [6.45, 7) is 11.1. The SMILES string of the molecule is C=C1C[C@]23C[C@@]4(O)[C@@H]5[C@@]6(C)CC(=O)C[C@]57C(C2C(O)[C@H]1[C@@H](OC(=O)C(C)CC)[C@H]37)N4C6. The number of hydrogen-bond donors (Lipinski definition) is 2. The molecule has 0 amide bonds. The summed E-state index contributed by atoms with van der Waals surface area (Å²) >= 11 is 0. The van der Waals surface area contributed by atoms with Crippen LogP contribution in [0.25, 0.3) is 0 Å². The summed E-state index contributed by atoms with van der Waals surface area (Å²) in [6.07, 6.45) is 1.96. The zero-order valence-electron chi connectivity index (χ0n) is 18.6. The van der Waals surface area contributed by atoms with Gasteiger partial charge < -0.3 is 14.9 Å². The van der Waals surface area contributed by atoms with E-state index in [1.807, 2.05) is 13.8 Å². The summed E-state index contributed by atoms with van der Waals surface area (Å²) in [4.78, 5) is 28.4. The van der Waals surface area contributed by atoms with Crippen molar-refractivity contribution in [3.63, 3.8) is 0 Å². The van der Waals surface area contributed by atoms with Gasteiger partial charge in [0.25, 0.3) is 0 Å². The number of hydrogen-bond acceptors (Lipinski definition) is 6. The van der Waals surface area contributed by atoms with Gasteiger partial charge in [0, 0.05) is 54.5 Å². The Morgan fingerprint density at radius 2 is 2.10 bits per heavy atom. The van der Waals surface area contributed by atoms with E-state index in [1.54, 1.807) is 0 Å². The highest BCUT2D eigenvalue weighted by atomic mass is 16.5. The molecule has 6 aliphatic carbocycles. The summed E-state index contributed by atoms with van der Waals surface area (Å²) in [7, 11) is 0. The van der Waals surface area contributed by atoms with Crippen molar-refractivity contribution in [1.82, 2.24) is 4.90 Å². The topological polar surface area (TPSA) is 87.1 Å². The van der Waals surface area contributed by atoms with E-state index >= 15 is 0 Å². The minimum Gasteiger partial charge on any atom is -0.461 e. The van der Waals surface area contributed by atoms with Gasteiger partial charge in [-0.1, -0.05) is 32.9 Å². The first-order valence-corrected chi connectivity index (χ1v) is 12.1. The number of ether oxygens (including phenoxy) is 1. The molecular weight excluding hydrogens is 394 g/mol. The van der Waals surface area contributed by atoms with Crippen LogP contribution in [0.1, 0.15) is 52.9 Å². The van der Waals surface area contributed by atoms with Crippen molar-refractivity contribution >= 4 is 11.8 Å². The van der Waals surface area contributed by atoms with Crippen molar-refractivity contribution < 1.29 is 24.5 Å². The van der Waals surface area contributed by atoms with Gasteiger partial charge in [-0.3, -0.25) is 14.5 Å². The van der Waals surface area contributed by atoms with Gasteiger partial charge >= 0.3 is 5.97 Å². The Morgan fingerprint density at radius 1 is 1.35 bits per heavy atom. The number of ketones is 1. The zero-order chi connectivity index (χ0) is 21.9. The Hall–Kier alpha value is -1.24. The smallest absolute Gasteiger partial charge is 0.308 e. The average molecular weight is 428 g/mol. The van der Waals surface area contributed by atoms with E-state index in [-0.39, 0.29) is 58.2 Å². The van der Waals surface area contributed by atoms with E-state index < -0.39 is 23.3 Å². The van der Waals surface area contributed by atoms with Crippen LogP contribution in [-0.4, -0.2) is 57.4 Å². The number of rotatable bonds is 3. The number of nitrogens with zero attached hydrogens (tertiary/aromatic N) is 1. The number of aliphatic hydroxyl groups excluding tert-OH is 1. The standard InChI is InChI=1S/C25H33NO5/c1-5-11(2)20(29)31-17-14-12(3)6-23-9-25(30)21-22(4)7-13(27)8-24(21,18(17)23)19(26(25)10-22)15(23)16(14)28/h11,14-19,21,28,30H,3,5-10H2,1-2,4H3/t11?,14-,15?,16?,17+,18+,19?,21+,22-,23-,24-,25+/m0/s1. The summed E-state index contributed by atoms with van der Waals surface area (Å²) < 4.78 is 6.27. The number of aliphatic hydroxyl groups is 2. The molecule has 9 rings (SSSR count). The number of esters is 1. The Labute approximate surface area is 183 Å². The lowest BCUT2D eigenvalue weighted by molar-refractivity contribution is -0.269. The van der Waals surface area contributed by atoms with Crippen LogP contribution in [0, 0.1) is 45.8 Å². The monoisotopic (exact) mass is 427 g/mol. The maximum atomic E-state index is 13.1. The minimum absolute atomic E-state index is 0.000408. The van der Waals surface area contributed by atoms with Crippen LogP contribution in [-0.2, 0) is 14.3 Å². The zero-order valence-corrected chi connectivity index (χ0v) is 18.6. The Bertz CT molecular complexity index is 964. The first kappa shape index (κ1) is 19.2. The molecule has 3 heterocycles. The van der Waals surface area contributed by atoms with Gasteiger partial charge in [0.1, 0.15) is 17.6 Å². The van der Waals surface area contributed by atoms with Crippen molar-refractivity contribution in [3.05, 3.63) is 12.2 Å². The van der Waals surface area contributed by atoms with E-state index in [9.17, 15) is 19.8 Å².